The lowest BCUT2D eigenvalue weighted by molar-refractivity contribution is -0.159. The normalized spacial score (nSPS) is 20.2. The van der Waals surface area contributed by atoms with Gasteiger partial charge in [0, 0.05) is 42.6 Å². The smallest absolute Gasteiger partial charge is 0.257 e. The van der Waals surface area contributed by atoms with Gasteiger partial charge in [-0.25, -0.2) is 37.3 Å². The molecule has 1 aliphatic heterocycles. The van der Waals surface area contributed by atoms with Gasteiger partial charge < -0.3 is 20.7 Å². The van der Waals surface area contributed by atoms with E-state index in [0.29, 0.717) is 23.3 Å². The van der Waals surface area contributed by atoms with Crippen LogP contribution in [0.3, 0.4) is 0 Å². The molecule has 214 valence electrons. The van der Waals surface area contributed by atoms with Crippen LogP contribution >= 0.6 is 0 Å². The quantitative estimate of drug-likeness (QED) is 0.335. The molecule has 5 heterocycles. The van der Waals surface area contributed by atoms with Crippen molar-refractivity contribution in [3.05, 3.63) is 48.4 Å². The second-order valence-electron chi connectivity index (χ2n) is 10.1. The average molecular weight is 571 g/mol. The van der Waals surface area contributed by atoms with Crippen molar-refractivity contribution in [2.75, 3.05) is 25.9 Å². The Bertz CT molecular complexity index is 1620. The minimum atomic E-state index is -2.86. The molecule has 0 spiro atoms. The number of nitrogen functional groups attached to an aromatic ring is 1. The van der Waals surface area contributed by atoms with Crippen molar-refractivity contribution in [1.29, 1.82) is 0 Å². The van der Waals surface area contributed by atoms with Crippen LogP contribution in [-0.4, -0.2) is 89.4 Å². The molecule has 1 saturated carbocycles. The number of likely N-dealkylation sites (tertiary alicyclic amines) is 1. The van der Waals surface area contributed by atoms with E-state index in [1.54, 1.807) is 15.5 Å². The molecule has 1 saturated heterocycles. The van der Waals surface area contributed by atoms with E-state index >= 15 is 0 Å². The van der Waals surface area contributed by atoms with Crippen molar-refractivity contribution in [3.8, 4) is 17.1 Å². The van der Waals surface area contributed by atoms with Crippen LogP contribution in [0, 0.1) is 5.92 Å². The molecule has 1 aliphatic carbocycles. The minimum absolute atomic E-state index is 0.00197. The molecule has 2 amide bonds. The van der Waals surface area contributed by atoms with Gasteiger partial charge in [-0.1, -0.05) is 0 Å². The third-order valence-corrected chi connectivity index (χ3v) is 7.36. The summed E-state index contributed by atoms with van der Waals surface area (Å²) in [6.07, 6.45) is 3.10. The Kier molecular flexibility index (Phi) is 6.46. The highest BCUT2D eigenvalue weighted by Gasteiger charge is 2.51. The van der Waals surface area contributed by atoms with Gasteiger partial charge in [-0.05, 0) is 12.1 Å². The average Bonchev–Trinajstić information content (AvgIpc) is 3.67. The van der Waals surface area contributed by atoms with Crippen LogP contribution in [0.4, 0.5) is 19.0 Å². The second-order valence-corrected chi connectivity index (χ2v) is 10.1. The predicted octanol–water partition coefficient (Wildman–Crippen LogP) is 1.35. The molecular weight excluding hydrogens is 545 g/mol. The summed E-state index contributed by atoms with van der Waals surface area (Å²) >= 11 is 0. The topological polar surface area (TPSA) is 158 Å². The molecule has 0 aromatic carbocycles. The number of halogens is 3. The van der Waals surface area contributed by atoms with Gasteiger partial charge in [-0.3, -0.25) is 9.59 Å². The summed E-state index contributed by atoms with van der Waals surface area (Å²) in [7, 11) is 1.35. The maximum Gasteiger partial charge on any atom is 0.257 e. The zero-order valence-electron chi connectivity index (χ0n) is 21.7. The monoisotopic (exact) mass is 570 g/mol. The number of fused-ring (bicyclic) bond motifs is 1. The Morgan fingerprint density at radius 1 is 1.17 bits per heavy atom. The molecule has 2 aliphatic rings. The Morgan fingerprint density at radius 3 is 2.68 bits per heavy atom. The van der Waals surface area contributed by atoms with Crippen molar-refractivity contribution in [2.45, 2.75) is 37.5 Å². The number of hydrogen-bond donors (Lipinski definition) is 2. The van der Waals surface area contributed by atoms with Gasteiger partial charge in [0.25, 0.3) is 5.91 Å². The molecule has 41 heavy (non-hydrogen) atoms. The lowest BCUT2D eigenvalue weighted by Gasteiger charge is -2.36. The molecule has 2 fully saturated rings. The van der Waals surface area contributed by atoms with Gasteiger partial charge in [0.15, 0.2) is 5.82 Å². The molecule has 16 heteroatoms. The van der Waals surface area contributed by atoms with Crippen molar-refractivity contribution < 1.29 is 27.5 Å². The van der Waals surface area contributed by atoms with E-state index < -0.39 is 48.7 Å². The van der Waals surface area contributed by atoms with Crippen molar-refractivity contribution in [1.82, 2.24) is 44.6 Å². The number of carbonyl (C=O) groups excluding carboxylic acids is 2. The minimum Gasteiger partial charge on any atom is -0.480 e. The number of amides is 2. The highest BCUT2D eigenvalue weighted by molar-refractivity contribution is 5.98. The standard InChI is InChI=1S/C25H25F3N10O3/c1-41-23-16(22(39)35-18-9-36(8-17(18)26)24(40)15-4-25(27,28)5-15)2-13(6-31-23)19-3-14(7-37-12-30-10-33-37)20-21(29)32-11-34-38(19)20/h2-3,6,10-12,15,17-18H,4-5,7-9H2,1H3,(H,35,39)(H2,29,32,34)/t17-,18+/m0/s1. The third-order valence-electron chi connectivity index (χ3n) is 7.36. The van der Waals surface area contributed by atoms with Crippen LogP contribution in [0.25, 0.3) is 16.8 Å². The van der Waals surface area contributed by atoms with Crippen molar-refractivity contribution >= 4 is 23.1 Å². The Hall–Kier alpha value is -4.76. The molecule has 3 N–H and O–H groups in total. The highest BCUT2D eigenvalue weighted by Crippen LogP contribution is 2.43. The molecule has 0 unspecified atom stereocenters. The zero-order valence-corrected chi connectivity index (χ0v) is 21.7. The van der Waals surface area contributed by atoms with Gasteiger partial charge in [0.1, 0.15) is 36.2 Å². The molecule has 4 aromatic rings. The number of anilines is 1. The Balaban J connectivity index is 1.26. The zero-order chi connectivity index (χ0) is 28.9. The van der Waals surface area contributed by atoms with Crippen LogP contribution in [0.15, 0.2) is 37.3 Å². The van der Waals surface area contributed by atoms with E-state index in [0.717, 1.165) is 5.56 Å². The number of pyridine rings is 1. The predicted molar refractivity (Wildman–Crippen MR) is 137 cm³/mol. The van der Waals surface area contributed by atoms with E-state index in [4.69, 9.17) is 10.5 Å². The molecule has 4 aromatic heterocycles. The maximum absolute atomic E-state index is 14.9. The second kappa shape index (κ2) is 10.0. The summed E-state index contributed by atoms with van der Waals surface area (Å²) < 4.78 is 49.8. The van der Waals surface area contributed by atoms with Gasteiger partial charge in [-0.15, -0.1) is 0 Å². The number of nitrogens with one attached hydrogen (secondary N) is 1. The number of methoxy groups -OCH3 is 1. The molecular formula is C25H25F3N10O3. The number of nitrogens with two attached hydrogens (primary N) is 1. The number of carbonyl (C=O) groups is 2. The summed E-state index contributed by atoms with van der Waals surface area (Å²) in [4.78, 5) is 39.4. The number of alkyl halides is 3. The van der Waals surface area contributed by atoms with E-state index in [2.05, 4.69) is 30.5 Å². The fourth-order valence-corrected chi connectivity index (χ4v) is 5.30. The number of hydrogen-bond acceptors (Lipinski definition) is 9. The van der Waals surface area contributed by atoms with Crippen molar-refractivity contribution in [2.24, 2.45) is 5.92 Å². The van der Waals surface area contributed by atoms with Crippen LogP contribution in [0.2, 0.25) is 0 Å². The van der Waals surface area contributed by atoms with E-state index in [9.17, 15) is 22.8 Å². The van der Waals surface area contributed by atoms with Crippen LogP contribution in [-0.2, 0) is 11.3 Å². The summed E-state index contributed by atoms with van der Waals surface area (Å²) in [5, 5.41) is 11.1. The lowest BCUT2D eigenvalue weighted by atomic mass is 9.80. The lowest BCUT2D eigenvalue weighted by Crippen LogP contribution is -2.47. The van der Waals surface area contributed by atoms with Crippen LogP contribution in [0.5, 0.6) is 5.88 Å². The largest absolute Gasteiger partial charge is 0.480 e. The number of rotatable bonds is 7. The summed E-state index contributed by atoms with van der Waals surface area (Å²) in [6, 6.07) is 2.31. The Labute approximate surface area is 230 Å². The third kappa shape index (κ3) is 4.89. The van der Waals surface area contributed by atoms with E-state index in [-0.39, 0.29) is 30.4 Å². The van der Waals surface area contributed by atoms with Gasteiger partial charge in [0.2, 0.25) is 17.7 Å². The first-order valence-electron chi connectivity index (χ1n) is 12.7. The fraction of sp³-hybridized carbons (Fsp3) is 0.400. The first-order chi connectivity index (χ1) is 19.6. The molecule has 0 radical (unpaired) electrons. The molecule has 0 bridgehead atoms. The number of ether oxygens (including phenoxy) is 1. The van der Waals surface area contributed by atoms with Gasteiger partial charge >= 0.3 is 0 Å². The molecule has 6 rings (SSSR count). The van der Waals surface area contributed by atoms with E-state index in [1.807, 2.05) is 6.07 Å². The van der Waals surface area contributed by atoms with Gasteiger partial charge in [0.05, 0.1) is 31.9 Å². The first kappa shape index (κ1) is 26.5. The molecule has 13 nitrogen and oxygen atoms in total. The van der Waals surface area contributed by atoms with Crippen LogP contribution < -0.4 is 15.8 Å². The molecule has 2 atom stereocenters. The summed E-state index contributed by atoms with van der Waals surface area (Å²) in [5.74, 6) is -4.66. The van der Waals surface area contributed by atoms with Gasteiger partial charge in [-0.2, -0.15) is 10.2 Å². The SMILES string of the molecule is COc1ncc(-c2cc(Cn3cncn3)c3c(N)ncnn23)cc1C(=O)N[C@@H]1CN(C(=O)C2CC(F)(F)C2)C[C@@H]1F. The first-order valence-corrected chi connectivity index (χ1v) is 12.7. The van der Waals surface area contributed by atoms with Crippen molar-refractivity contribution in [3.63, 3.8) is 0 Å². The number of nitrogens with zero attached hydrogens (tertiary/aromatic N) is 8. The highest BCUT2D eigenvalue weighted by atomic mass is 19.3. The summed E-state index contributed by atoms with van der Waals surface area (Å²) in [6.45, 7) is -0.0905. The Morgan fingerprint density at radius 2 is 1.98 bits per heavy atom. The fourth-order valence-electron chi connectivity index (χ4n) is 5.30. The maximum atomic E-state index is 14.9. The van der Waals surface area contributed by atoms with Crippen LogP contribution in [0.1, 0.15) is 28.8 Å². The number of aromatic nitrogens is 7. The summed E-state index contributed by atoms with van der Waals surface area (Å²) in [5.41, 5.74) is 8.51. The van der Waals surface area contributed by atoms with E-state index in [1.165, 1.54) is 36.9 Å².